The van der Waals surface area contributed by atoms with Crippen LogP contribution in [0.1, 0.15) is 25.3 Å². The molecule has 1 N–H and O–H groups in total. The van der Waals surface area contributed by atoms with Crippen molar-refractivity contribution in [1.82, 2.24) is 5.32 Å². The standard InChI is InChI=1S/C20H24ClNO2/c1-4-5-18(15(2)3)19(23)22-14-20(10-12-24-13-11-20)16-6-8-17(21)9-7-16/h4-9H,1-2,10-14H2,3H3,(H,22,23)/b18-5+. The fourth-order valence-corrected chi connectivity index (χ4v) is 3.13. The van der Waals surface area contributed by atoms with Crippen molar-refractivity contribution in [3.05, 3.63) is 71.3 Å². The van der Waals surface area contributed by atoms with Crippen LogP contribution in [0.15, 0.2) is 60.7 Å². The highest BCUT2D eigenvalue weighted by Gasteiger charge is 2.35. The first-order valence-electron chi connectivity index (χ1n) is 8.09. The first-order valence-corrected chi connectivity index (χ1v) is 8.47. The Labute approximate surface area is 149 Å². The van der Waals surface area contributed by atoms with Gasteiger partial charge in [0, 0.05) is 35.8 Å². The van der Waals surface area contributed by atoms with Crippen molar-refractivity contribution in [2.75, 3.05) is 19.8 Å². The lowest BCUT2D eigenvalue weighted by atomic mass is 9.74. The van der Waals surface area contributed by atoms with E-state index in [0.717, 1.165) is 18.4 Å². The largest absolute Gasteiger partial charge is 0.381 e. The van der Waals surface area contributed by atoms with Crippen LogP contribution in [0.5, 0.6) is 0 Å². The number of nitrogens with one attached hydrogen (secondary N) is 1. The molecule has 1 heterocycles. The Kier molecular flexibility index (Phi) is 6.41. The Bertz CT molecular complexity index is 640. The summed E-state index contributed by atoms with van der Waals surface area (Å²) in [5.41, 5.74) is 2.33. The van der Waals surface area contributed by atoms with E-state index in [4.69, 9.17) is 16.3 Å². The minimum absolute atomic E-state index is 0.123. The molecule has 0 spiro atoms. The van der Waals surface area contributed by atoms with E-state index in [-0.39, 0.29) is 11.3 Å². The van der Waals surface area contributed by atoms with Crippen molar-refractivity contribution in [3.63, 3.8) is 0 Å². The van der Waals surface area contributed by atoms with Crippen LogP contribution in [0.4, 0.5) is 0 Å². The molecule has 0 unspecified atom stereocenters. The molecule has 1 fully saturated rings. The van der Waals surface area contributed by atoms with E-state index in [1.165, 1.54) is 5.56 Å². The average molecular weight is 346 g/mol. The summed E-state index contributed by atoms with van der Waals surface area (Å²) < 4.78 is 5.52. The first kappa shape index (κ1) is 18.5. The van der Waals surface area contributed by atoms with Crippen LogP contribution in [0.3, 0.4) is 0 Å². The van der Waals surface area contributed by atoms with Crippen LogP contribution in [-0.4, -0.2) is 25.7 Å². The van der Waals surface area contributed by atoms with Gasteiger partial charge >= 0.3 is 0 Å². The van der Waals surface area contributed by atoms with Gasteiger partial charge in [0.15, 0.2) is 0 Å². The predicted octanol–water partition coefficient (Wildman–Crippen LogP) is 4.19. The monoisotopic (exact) mass is 345 g/mol. The molecule has 0 radical (unpaired) electrons. The Balaban J connectivity index is 2.19. The fourth-order valence-electron chi connectivity index (χ4n) is 3.01. The maximum absolute atomic E-state index is 12.5. The summed E-state index contributed by atoms with van der Waals surface area (Å²) in [7, 11) is 0. The zero-order valence-corrected chi connectivity index (χ0v) is 14.9. The van der Waals surface area contributed by atoms with E-state index in [1.54, 1.807) is 12.2 Å². The third kappa shape index (κ3) is 4.37. The number of ether oxygens (including phenoxy) is 1. The molecule has 2 rings (SSSR count). The van der Waals surface area contributed by atoms with Crippen LogP contribution < -0.4 is 5.32 Å². The maximum atomic E-state index is 12.5. The molecule has 1 amide bonds. The highest BCUT2D eigenvalue weighted by molar-refractivity contribution is 6.30. The van der Waals surface area contributed by atoms with E-state index in [1.807, 2.05) is 31.2 Å². The van der Waals surface area contributed by atoms with Crippen molar-refractivity contribution < 1.29 is 9.53 Å². The first-order chi connectivity index (χ1) is 11.5. The molecule has 1 aromatic rings. The van der Waals surface area contributed by atoms with Gasteiger partial charge in [0.05, 0.1) is 0 Å². The van der Waals surface area contributed by atoms with Gasteiger partial charge in [-0.05, 0) is 49.1 Å². The molecule has 0 saturated carbocycles. The lowest BCUT2D eigenvalue weighted by Crippen LogP contribution is -2.45. The maximum Gasteiger partial charge on any atom is 0.251 e. The zero-order chi connectivity index (χ0) is 17.6. The van der Waals surface area contributed by atoms with E-state index in [9.17, 15) is 4.79 Å². The summed E-state index contributed by atoms with van der Waals surface area (Å²) in [4.78, 5) is 12.5. The van der Waals surface area contributed by atoms with E-state index in [2.05, 4.69) is 18.5 Å². The van der Waals surface area contributed by atoms with Gasteiger partial charge in [-0.15, -0.1) is 0 Å². The SMILES string of the molecule is C=C/C=C(\C(=C)C)C(=O)NCC1(c2ccc(Cl)cc2)CCOCC1. The predicted molar refractivity (Wildman–Crippen MR) is 99.3 cm³/mol. The van der Waals surface area contributed by atoms with E-state index >= 15 is 0 Å². The molecule has 0 aromatic heterocycles. The summed E-state index contributed by atoms with van der Waals surface area (Å²) in [5, 5.41) is 3.78. The molecule has 0 bridgehead atoms. The molecule has 3 nitrogen and oxygen atoms in total. The topological polar surface area (TPSA) is 38.3 Å². The van der Waals surface area contributed by atoms with Crippen LogP contribution in [0.2, 0.25) is 5.02 Å². The number of rotatable bonds is 6. The Hall–Kier alpha value is -1.84. The van der Waals surface area contributed by atoms with Crippen molar-refractivity contribution in [3.8, 4) is 0 Å². The zero-order valence-electron chi connectivity index (χ0n) is 14.1. The van der Waals surface area contributed by atoms with Crippen molar-refractivity contribution in [1.29, 1.82) is 0 Å². The molecular weight excluding hydrogens is 322 g/mol. The van der Waals surface area contributed by atoms with Gasteiger partial charge in [-0.1, -0.05) is 43.0 Å². The molecule has 0 atom stereocenters. The summed E-state index contributed by atoms with van der Waals surface area (Å²) in [6, 6.07) is 7.87. The minimum Gasteiger partial charge on any atom is -0.381 e. The lowest BCUT2D eigenvalue weighted by molar-refractivity contribution is -0.117. The lowest BCUT2D eigenvalue weighted by Gasteiger charge is -2.38. The van der Waals surface area contributed by atoms with Crippen LogP contribution in [-0.2, 0) is 14.9 Å². The molecule has 1 aromatic carbocycles. The smallest absolute Gasteiger partial charge is 0.251 e. The second-order valence-corrected chi connectivity index (χ2v) is 6.62. The molecule has 4 heteroatoms. The number of carbonyl (C=O) groups excluding carboxylic acids is 1. The average Bonchev–Trinajstić information content (AvgIpc) is 2.58. The molecule has 24 heavy (non-hydrogen) atoms. The highest BCUT2D eigenvalue weighted by Crippen LogP contribution is 2.35. The van der Waals surface area contributed by atoms with Gasteiger partial charge in [0.1, 0.15) is 0 Å². The fraction of sp³-hybridized carbons (Fsp3) is 0.350. The van der Waals surface area contributed by atoms with Gasteiger partial charge in [-0.3, -0.25) is 4.79 Å². The molecular formula is C20H24ClNO2. The van der Waals surface area contributed by atoms with E-state index < -0.39 is 0 Å². The number of amides is 1. The van der Waals surface area contributed by atoms with Gasteiger partial charge in [-0.25, -0.2) is 0 Å². The third-order valence-electron chi connectivity index (χ3n) is 4.48. The summed E-state index contributed by atoms with van der Waals surface area (Å²) >= 11 is 6.01. The van der Waals surface area contributed by atoms with E-state index in [0.29, 0.717) is 30.4 Å². The Morgan fingerprint density at radius 3 is 2.50 bits per heavy atom. The van der Waals surface area contributed by atoms with Crippen molar-refractivity contribution >= 4 is 17.5 Å². The van der Waals surface area contributed by atoms with Crippen LogP contribution in [0.25, 0.3) is 0 Å². The van der Waals surface area contributed by atoms with Gasteiger partial charge in [0.25, 0.3) is 5.91 Å². The number of allylic oxidation sites excluding steroid dienone is 2. The number of hydrogen-bond donors (Lipinski definition) is 1. The number of carbonyl (C=O) groups is 1. The summed E-state index contributed by atoms with van der Waals surface area (Å²) in [6.07, 6.45) is 5.02. The number of benzene rings is 1. The molecule has 128 valence electrons. The Morgan fingerprint density at radius 2 is 1.96 bits per heavy atom. The van der Waals surface area contributed by atoms with Gasteiger partial charge < -0.3 is 10.1 Å². The Morgan fingerprint density at radius 1 is 1.33 bits per heavy atom. The van der Waals surface area contributed by atoms with Gasteiger partial charge in [0.2, 0.25) is 0 Å². The molecule has 1 saturated heterocycles. The quantitative estimate of drug-likeness (QED) is 0.620. The summed E-state index contributed by atoms with van der Waals surface area (Å²) in [5.74, 6) is -0.123. The highest BCUT2D eigenvalue weighted by atomic mass is 35.5. The molecule has 0 aliphatic carbocycles. The van der Waals surface area contributed by atoms with Crippen LogP contribution in [0, 0.1) is 0 Å². The molecule has 1 aliphatic heterocycles. The molecule has 1 aliphatic rings. The third-order valence-corrected chi connectivity index (χ3v) is 4.73. The van der Waals surface area contributed by atoms with Crippen molar-refractivity contribution in [2.45, 2.75) is 25.2 Å². The normalized spacial score (nSPS) is 17.2. The van der Waals surface area contributed by atoms with Crippen molar-refractivity contribution in [2.24, 2.45) is 0 Å². The minimum atomic E-state index is -0.132. The second kappa shape index (κ2) is 8.32. The van der Waals surface area contributed by atoms with Gasteiger partial charge in [-0.2, -0.15) is 0 Å². The number of hydrogen-bond acceptors (Lipinski definition) is 2. The summed E-state index contributed by atoms with van der Waals surface area (Å²) in [6.45, 7) is 11.3. The number of halogens is 1. The second-order valence-electron chi connectivity index (χ2n) is 6.18. The van der Waals surface area contributed by atoms with Crippen LogP contribution >= 0.6 is 11.6 Å².